The summed E-state index contributed by atoms with van der Waals surface area (Å²) in [7, 11) is -0.767. The van der Waals surface area contributed by atoms with Crippen LogP contribution in [-0.2, 0) is 4.57 Å². The molecule has 10 heteroatoms. The van der Waals surface area contributed by atoms with E-state index in [9.17, 15) is 8.78 Å². The van der Waals surface area contributed by atoms with Crippen LogP contribution in [0, 0.1) is 27.7 Å². The highest BCUT2D eigenvalue weighted by atomic mass is 35.5. The molecule has 0 atom stereocenters. The molecular formula is C31H28ClF2O6P. The van der Waals surface area contributed by atoms with Gasteiger partial charge in [-0.05, 0) is 92.4 Å². The molecule has 0 aliphatic carbocycles. The van der Waals surface area contributed by atoms with Gasteiger partial charge in [0, 0.05) is 15.9 Å². The van der Waals surface area contributed by atoms with Crippen LogP contribution in [0.4, 0.5) is 8.78 Å². The van der Waals surface area contributed by atoms with E-state index in [1.807, 2.05) is 27.7 Å². The minimum atomic E-state index is -4.00. The second-order valence-electron chi connectivity index (χ2n) is 9.78. The molecule has 6 nitrogen and oxygen atoms in total. The van der Waals surface area contributed by atoms with E-state index in [-0.39, 0.29) is 21.8 Å². The zero-order valence-electron chi connectivity index (χ0n) is 23.3. The minimum Gasteiger partial charge on any atom is -0.496 e. The van der Waals surface area contributed by atoms with E-state index in [0.29, 0.717) is 27.9 Å². The number of halogens is 3. The summed E-state index contributed by atoms with van der Waals surface area (Å²) < 4.78 is 71.3. The van der Waals surface area contributed by atoms with Crippen molar-refractivity contribution in [1.29, 1.82) is 0 Å². The Morgan fingerprint density at radius 2 is 1.22 bits per heavy atom. The van der Waals surface area contributed by atoms with Crippen molar-refractivity contribution in [2.45, 2.75) is 34.0 Å². The molecule has 0 amide bonds. The molecule has 214 valence electrons. The Morgan fingerprint density at radius 1 is 0.756 bits per heavy atom. The topological polar surface area (TPSA) is 63.2 Å². The van der Waals surface area contributed by atoms with E-state index in [4.69, 9.17) is 35.3 Å². The van der Waals surface area contributed by atoms with Crippen LogP contribution in [0.15, 0.2) is 60.7 Å². The van der Waals surface area contributed by atoms with Crippen molar-refractivity contribution in [3.8, 4) is 34.5 Å². The van der Waals surface area contributed by atoms with Crippen LogP contribution < -0.4 is 39.6 Å². The molecule has 0 saturated heterocycles. The van der Waals surface area contributed by atoms with Gasteiger partial charge in [-0.3, -0.25) is 0 Å². The van der Waals surface area contributed by atoms with E-state index >= 15 is 4.57 Å². The van der Waals surface area contributed by atoms with Crippen molar-refractivity contribution >= 4 is 34.7 Å². The van der Waals surface area contributed by atoms with E-state index in [1.54, 1.807) is 68.8 Å². The van der Waals surface area contributed by atoms with E-state index in [1.165, 1.54) is 6.07 Å². The highest BCUT2D eigenvalue weighted by Crippen LogP contribution is 2.56. The van der Waals surface area contributed by atoms with Gasteiger partial charge in [0.2, 0.25) is 5.75 Å². The van der Waals surface area contributed by atoms with Crippen molar-refractivity contribution in [2.24, 2.45) is 0 Å². The molecule has 41 heavy (non-hydrogen) atoms. The molecule has 0 fully saturated rings. The van der Waals surface area contributed by atoms with Crippen molar-refractivity contribution in [1.82, 2.24) is 0 Å². The van der Waals surface area contributed by atoms with Crippen molar-refractivity contribution < 1.29 is 37.0 Å². The van der Waals surface area contributed by atoms with Gasteiger partial charge in [0.15, 0.2) is 18.6 Å². The zero-order chi connectivity index (χ0) is 29.7. The van der Waals surface area contributed by atoms with Gasteiger partial charge < -0.3 is 28.2 Å². The molecule has 5 rings (SSSR count). The summed E-state index contributed by atoms with van der Waals surface area (Å²) in [5.41, 5.74) is 2.98. The normalized spacial score (nSPS) is 13.7. The van der Waals surface area contributed by atoms with Gasteiger partial charge in [0.05, 0.1) is 19.2 Å². The lowest BCUT2D eigenvalue weighted by molar-refractivity contribution is -0.287. The van der Waals surface area contributed by atoms with Crippen LogP contribution in [0.1, 0.15) is 22.3 Å². The Balaban J connectivity index is 1.85. The van der Waals surface area contributed by atoms with Gasteiger partial charge in [-0.15, -0.1) is 8.78 Å². The first kappa shape index (κ1) is 28.8. The summed E-state index contributed by atoms with van der Waals surface area (Å²) in [6.45, 7) is 7.37. The molecule has 1 heterocycles. The Morgan fingerprint density at radius 3 is 1.68 bits per heavy atom. The van der Waals surface area contributed by atoms with E-state index < -0.39 is 19.2 Å². The predicted octanol–water partition coefficient (Wildman–Crippen LogP) is 7.34. The summed E-state index contributed by atoms with van der Waals surface area (Å²) in [5, 5.41) is 0.641. The van der Waals surface area contributed by atoms with Crippen molar-refractivity contribution in [2.75, 3.05) is 14.2 Å². The number of rotatable bonds is 7. The van der Waals surface area contributed by atoms with Gasteiger partial charge in [-0.25, -0.2) is 0 Å². The molecule has 0 bridgehead atoms. The molecule has 4 aromatic rings. The first-order valence-electron chi connectivity index (χ1n) is 12.7. The predicted molar refractivity (Wildman–Crippen MR) is 156 cm³/mol. The summed E-state index contributed by atoms with van der Waals surface area (Å²) >= 11 is 6.80. The minimum absolute atomic E-state index is 0.0538. The Bertz CT molecular complexity index is 1600. The second-order valence-corrected chi connectivity index (χ2v) is 12.9. The summed E-state index contributed by atoms with van der Waals surface area (Å²) in [4.78, 5) is 0. The Kier molecular flexibility index (Phi) is 7.43. The van der Waals surface area contributed by atoms with Crippen molar-refractivity contribution in [3.05, 3.63) is 87.9 Å². The van der Waals surface area contributed by atoms with Gasteiger partial charge in [-0.1, -0.05) is 29.8 Å². The number of ether oxygens (including phenoxy) is 5. The standard InChI is InChI=1S/C31H28ClF2O6P/c1-17-12-22(13-18(2)27(17)36-5)41(35,23-14-19(3)28(37-6)20(4)15-23)25-16-24(38-21-10-8-7-9-11-21)29-30(26(25)32)40-31(33,34)39-29/h7-16H,1-6H3. The second kappa shape index (κ2) is 10.6. The van der Waals surface area contributed by atoms with Gasteiger partial charge >= 0.3 is 6.29 Å². The fourth-order valence-corrected chi connectivity index (χ4v) is 8.81. The largest absolute Gasteiger partial charge is 0.586 e. The van der Waals surface area contributed by atoms with Crippen LogP contribution in [-0.4, -0.2) is 20.5 Å². The smallest absolute Gasteiger partial charge is 0.496 e. The monoisotopic (exact) mass is 600 g/mol. The van der Waals surface area contributed by atoms with E-state index in [0.717, 1.165) is 22.3 Å². The molecule has 1 aliphatic rings. The van der Waals surface area contributed by atoms with Crippen LogP contribution in [0.3, 0.4) is 0 Å². The number of para-hydroxylation sites is 1. The number of hydrogen-bond donors (Lipinski definition) is 0. The summed E-state index contributed by atoms with van der Waals surface area (Å²) in [5.74, 6) is 0.683. The maximum atomic E-state index is 15.7. The van der Waals surface area contributed by atoms with Gasteiger partial charge in [0.25, 0.3) is 0 Å². The van der Waals surface area contributed by atoms with Crippen LogP contribution in [0.5, 0.6) is 34.5 Å². The number of aryl methyl sites for hydroxylation is 4. The lowest BCUT2D eigenvalue weighted by Crippen LogP contribution is -2.28. The first-order chi connectivity index (χ1) is 19.4. The molecule has 1 aliphatic heterocycles. The number of methoxy groups -OCH3 is 2. The third-order valence-corrected chi connectivity index (χ3v) is 10.4. The molecule has 0 spiro atoms. The molecule has 4 aromatic carbocycles. The first-order valence-corrected chi connectivity index (χ1v) is 14.8. The van der Waals surface area contributed by atoms with Crippen molar-refractivity contribution in [3.63, 3.8) is 0 Å². The number of benzene rings is 4. The van der Waals surface area contributed by atoms with E-state index in [2.05, 4.69) is 0 Å². The lowest BCUT2D eigenvalue weighted by atomic mass is 10.1. The number of alkyl halides is 2. The lowest BCUT2D eigenvalue weighted by Gasteiger charge is -2.25. The maximum Gasteiger partial charge on any atom is 0.586 e. The molecule has 0 N–H and O–H groups in total. The highest BCUT2D eigenvalue weighted by molar-refractivity contribution is 7.85. The average molecular weight is 601 g/mol. The zero-order valence-corrected chi connectivity index (χ0v) is 25.0. The Labute approximate surface area is 242 Å². The Hall–Kier alpha value is -3.74. The quantitative estimate of drug-likeness (QED) is 0.207. The number of hydrogen-bond acceptors (Lipinski definition) is 6. The van der Waals surface area contributed by atoms with Gasteiger partial charge in [0.1, 0.15) is 17.2 Å². The molecule has 0 aromatic heterocycles. The maximum absolute atomic E-state index is 15.7. The molecule has 0 saturated carbocycles. The van der Waals surface area contributed by atoms with Crippen LogP contribution in [0.2, 0.25) is 5.02 Å². The molecule has 0 radical (unpaired) electrons. The van der Waals surface area contributed by atoms with Crippen LogP contribution >= 0.6 is 18.7 Å². The third kappa shape index (κ3) is 5.00. The fourth-order valence-electron chi connectivity index (χ4n) is 5.24. The number of fused-ring (bicyclic) bond motifs is 1. The molecule has 0 unspecified atom stereocenters. The van der Waals surface area contributed by atoms with Gasteiger partial charge in [-0.2, -0.15) is 0 Å². The SMILES string of the molecule is COc1c(C)cc(P(=O)(c2cc(C)c(OC)c(C)c2)c2cc(Oc3ccccc3)c3c(c2Cl)OC(F)(F)O3)cc1C. The molecular weight excluding hydrogens is 573 g/mol. The highest BCUT2D eigenvalue weighted by Gasteiger charge is 2.49. The average Bonchev–Trinajstić information content (AvgIpc) is 3.26. The third-order valence-electron chi connectivity index (χ3n) is 6.90. The summed E-state index contributed by atoms with van der Waals surface area (Å²) in [6, 6.07) is 17.0. The van der Waals surface area contributed by atoms with Crippen LogP contribution in [0.25, 0.3) is 0 Å². The summed E-state index contributed by atoms with van der Waals surface area (Å²) in [6.07, 6.45) is -4.00. The fraction of sp³-hybridized carbons (Fsp3) is 0.226.